The first-order valence-corrected chi connectivity index (χ1v) is 6.33. The lowest BCUT2D eigenvalue weighted by Crippen LogP contribution is -2.22. The van der Waals surface area contributed by atoms with Gasteiger partial charge in [0.05, 0.1) is 0 Å². The van der Waals surface area contributed by atoms with Crippen molar-refractivity contribution >= 4 is 24.9 Å². The highest BCUT2D eigenvalue weighted by Crippen LogP contribution is 2.43. The van der Waals surface area contributed by atoms with Crippen molar-refractivity contribution < 1.29 is 24.3 Å². The standard InChI is InChI=1S/C7H9O5PS/c8-7(9)6(13(10,11)12)3-5-1-2-14-4-5/h1-2,4,6H,3H2,(H,8,9)(H2,10,11,12). The Morgan fingerprint density at radius 2 is 2.21 bits per heavy atom. The monoisotopic (exact) mass is 236 g/mol. The summed E-state index contributed by atoms with van der Waals surface area (Å²) in [6.07, 6.45) is -0.136. The highest BCUT2D eigenvalue weighted by molar-refractivity contribution is 7.53. The quantitative estimate of drug-likeness (QED) is 0.676. The van der Waals surface area contributed by atoms with Gasteiger partial charge in [0.25, 0.3) is 0 Å². The summed E-state index contributed by atoms with van der Waals surface area (Å²) in [5.74, 6) is -1.47. The zero-order chi connectivity index (χ0) is 10.8. The van der Waals surface area contributed by atoms with Crippen LogP contribution in [0.4, 0.5) is 0 Å². The van der Waals surface area contributed by atoms with Crippen LogP contribution in [0.3, 0.4) is 0 Å². The van der Waals surface area contributed by atoms with E-state index in [2.05, 4.69) is 0 Å². The SMILES string of the molecule is O=C(O)C(Cc1ccsc1)P(=O)(O)O. The molecule has 3 N–H and O–H groups in total. The molecular formula is C7H9O5PS. The van der Waals surface area contributed by atoms with E-state index in [0.29, 0.717) is 5.56 Å². The van der Waals surface area contributed by atoms with Gasteiger partial charge < -0.3 is 14.9 Å². The van der Waals surface area contributed by atoms with Crippen molar-refractivity contribution in [2.24, 2.45) is 0 Å². The average molecular weight is 236 g/mol. The third-order valence-electron chi connectivity index (χ3n) is 1.70. The van der Waals surface area contributed by atoms with Gasteiger partial charge in [-0.25, -0.2) is 0 Å². The molecular weight excluding hydrogens is 227 g/mol. The lowest BCUT2D eigenvalue weighted by Gasteiger charge is -2.12. The van der Waals surface area contributed by atoms with E-state index in [1.54, 1.807) is 16.8 Å². The van der Waals surface area contributed by atoms with Gasteiger partial charge >= 0.3 is 13.6 Å². The van der Waals surface area contributed by atoms with Crippen LogP contribution >= 0.6 is 18.9 Å². The fourth-order valence-electron chi connectivity index (χ4n) is 0.982. The summed E-state index contributed by atoms with van der Waals surface area (Å²) < 4.78 is 10.8. The molecule has 0 aliphatic rings. The number of aliphatic carboxylic acids is 1. The van der Waals surface area contributed by atoms with E-state index in [9.17, 15) is 9.36 Å². The minimum atomic E-state index is -4.57. The molecule has 0 amide bonds. The van der Waals surface area contributed by atoms with Gasteiger partial charge in [0, 0.05) is 0 Å². The van der Waals surface area contributed by atoms with Crippen molar-refractivity contribution in [1.82, 2.24) is 0 Å². The second-order valence-electron chi connectivity index (χ2n) is 2.78. The molecule has 0 saturated heterocycles. The summed E-state index contributed by atoms with van der Waals surface area (Å²) in [6.45, 7) is 0. The summed E-state index contributed by atoms with van der Waals surface area (Å²) in [7, 11) is -4.57. The van der Waals surface area contributed by atoms with Crippen molar-refractivity contribution in [1.29, 1.82) is 0 Å². The Labute approximate surface area is 84.2 Å². The zero-order valence-electron chi connectivity index (χ0n) is 7.03. The predicted octanol–water partition coefficient (Wildman–Crippen LogP) is 0.921. The Morgan fingerprint density at radius 3 is 2.57 bits per heavy atom. The largest absolute Gasteiger partial charge is 0.481 e. The van der Waals surface area contributed by atoms with Crippen LogP contribution in [-0.4, -0.2) is 26.5 Å². The Hall–Kier alpha value is -0.680. The number of hydrogen-bond donors (Lipinski definition) is 3. The maximum Gasteiger partial charge on any atom is 0.340 e. The Balaban J connectivity index is 2.82. The number of carboxylic acids is 1. The lowest BCUT2D eigenvalue weighted by molar-refractivity contribution is -0.136. The summed E-state index contributed by atoms with van der Waals surface area (Å²) in [5, 5.41) is 12.0. The van der Waals surface area contributed by atoms with Crippen molar-refractivity contribution in [2.45, 2.75) is 12.1 Å². The molecule has 0 aromatic carbocycles. The van der Waals surface area contributed by atoms with E-state index < -0.39 is 19.2 Å². The molecule has 14 heavy (non-hydrogen) atoms. The lowest BCUT2D eigenvalue weighted by atomic mass is 10.2. The second kappa shape index (κ2) is 4.23. The number of rotatable bonds is 4. The van der Waals surface area contributed by atoms with Gasteiger partial charge in [-0.15, -0.1) is 0 Å². The van der Waals surface area contributed by atoms with Crippen LogP contribution in [0.1, 0.15) is 5.56 Å². The molecule has 0 aliphatic carbocycles. The Kier molecular flexibility index (Phi) is 3.44. The summed E-state index contributed by atoms with van der Waals surface area (Å²) in [5.41, 5.74) is -1.01. The molecule has 1 rings (SSSR count). The van der Waals surface area contributed by atoms with Crippen LogP contribution < -0.4 is 0 Å². The Bertz CT molecular complexity index is 354. The minimum absolute atomic E-state index is 0.136. The maximum atomic E-state index is 10.8. The molecule has 1 aromatic rings. The maximum absolute atomic E-state index is 10.8. The second-order valence-corrected chi connectivity index (χ2v) is 5.36. The molecule has 1 unspecified atom stereocenters. The van der Waals surface area contributed by atoms with Gasteiger partial charge in [-0.3, -0.25) is 9.36 Å². The highest BCUT2D eigenvalue weighted by Gasteiger charge is 2.35. The van der Waals surface area contributed by atoms with E-state index in [1.165, 1.54) is 11.3 Å². The summed E-state index contributed by atoms with van der Waals surface area (Å²) in [6, 6.07) is 1.65. The normalized spacial score (nSPS) is 13.9. The van der Waals surface area contributed by atoms with Gasteiger partial charge in [0.2, 0.25) is 0 Å². The fourth-order valence-corrected chi connectivity index (χ4v) is 2.40. The van der Waals surface area contributed by atoms with Crippen LogP contribution in [0.2, 0.25) is 0 Å². The van der Waals surface area contributed by atoms with E-state index in [-0.39, 0.29) is 6.42 Å². The molecule has 1 heterocycles. The molecule has 0 fully saturated rings. The minimum Gasteiger partial charge on any atom is -0.481 e. The number of carbonyl (C=O) groups is 1. The molecule has 1 atom stereocenters. The molecule has 0 radical (unpaired) electrons. The van der Waals surface area contributed by atoms with E-state index in [4.69, 9.17) is 14.9 Å². The first-order valence-electron chi connectivity index (χ1n) is 3.70. The van der Waals surface area contributed by atoms with Crippen molar-refractivity contribution in [3.63, 3.8) is 0 Å². The van der Waals surface area contributed by atoms with E-state index in [0.717, 1.165) is 0 Å². The van der Waals surface area contributed by atoms with Crippen molar-refractivity contribution in [3.8, 4) is 0 Å². The van der Waals surface area contributed by atoms with Gasteiger partial charge in [0.15, 0.2) is 5.66 Å². The molecule has 0 aliphatic heterocycles. The van der Waals surface area contributed by atoms with Crippen LogP contribution in [0.25, 0.3) is 0 Å². The summed E-state index contributed by atoms with van der Waals surface area (Å²) in [4.78, 5) is 28.1. The predicted molar refractivity (Wildman–Crippen MR) is 51.5 cm³/mol. The molecule has 0 bridgehead atoms. The fraction of sp³-hybridized carbons (Fsp3) is 0.286. The van der Waals surface area contributed by atoms with Crippen LogP contribution in [0.5, 0.6) is 0 Å². The van der Waals surface area contributed by atoms with Crippen molar-refractivity contribution in [3.05, 3.63) is 22.4 Å². The highest BCUT2D eigenvalue weighted by atomic mass is 32.1. The topological polar surface area (TPSA) is 94.8 Å². The molecule has 0 spiro atoms. The summed E-state index contributed by atoms with van der Waals surface area (Å²) >= 11 is 1.36. The van der Waals surface area contributed by atoms with E-state index in [1.807, 2.05) is 0 Å². The van der Waals surface area contributed by atoms with Gasteiger partial charge in [0.1, 0.15) is 0 Å². The smallest absolute Gasteiger partial charge is 0.340 e. The first kappa shape index (κ1) is 11.4. The van der Waals surface area contributed by atoms with Crippen molar-refractivity contribution in [2.75, 3.05) is 0 Å². The molecule has 7 heteroatoms. The van der Waals surface area contributed by atoms with Gasteiger partial charge in [-0.2, -0.15) is 11.3 Å². The van der Waals surface area contributed by atoms with Crippen LogP contribution in [-0.2, 0) is 15.8 Å². The molecule has 78 valence electrons. The third-order valence-corrected chi connectivity index (χ3v) is 3.65. The van der Waals surface area contributed by atoms with E-state index >= 15 is 0 Å². The molecule has 1 aromatic heterocycles. The number of hydrogen-bond acceptors (Lipinski definition) is 3. The molecule has 5 nitrogen and oxygen atoms in total. The first-order chi connectivity index (χ1) is 6.41. The van der Waals surface area contributed by atoms with Gasteiger partial charge in [-0.1, -0.05) is 0 Å². The molecule has 0 saturated carbocycles. The number of carboxylic acid groups (broad SMARTS) is 1. The number of thiophene rings is 1. The third kappa shape index (κ3) is 2.92. The Morgan fingerprint density at radius 1 is 1.57 bits per heavy atom. The van der Waals surface area contributed by atoms with Crippen LogP contribution in [0, 0.1) is 0 Å². The van der Waals surface area contributed by atoms with Crippen LogP contribution in [0.15, 0.2) is 16.8 Å². The average Bonchev–Trinajstić information content (AvgIpc) is 2.48. The zero-order valence-corrected chi connectivity index (χ0v) is 8.74. The van der Waals surface area contributed by atoms with Gasteiger partial charge in [-0.05, 0) is 28.8 Å².